The van der Waals surface area contributed by atoms with E-state index >= 15 is 0 Å². The van der Waals surface area contributed by atoms with Crippen LogP contribution in [0.15, 0.2) is 53.7 Å². The molecule has 0 aliphatic heterocycles. The molecule has 2 N–H and O–H groups in total. The number of hydrogen-bond donors (Lipinski definition) is 2. The van der Waals surface area contributed by atoms with E-state index in [-0.39, 0.29) is 5.91 Å². The van der Waals surface area contributed by atoms with Crippen molar-refractivity contribution in [1.29, 1.82) is 0 Å². The summed E-state index contributed by atoms with van der Waals surface area (Å²) in [5.74, 6) is 2.33. The first kappa shape index (κ1) is 23.4. The van der Waals surface area contributed by atoms with Crippen molar-refractivity contribution in [2.45, 2.75) is 43.7 Å². The highest BCUT2D eigenvalue weighted by Gasteiger charge is 2.23. The maximum absolute atomic E-state index is 12.7. The zero-order chi connectivity index (χ0) is 23.2. The van der Waals surface area contributed by atoms with Gasteiger partial charge in [-0.25, -0.2) is 9.97 Å². The Labute approximate surface area is 200 Å². The van der Waals surface area contributed by atoms with Crippen LogP contribution in [0.2, 0.25) is 0 Å². The van der Waals surface area contributed by atoms with Gasteiger partial charge in [0.05, 0.1) is 11.1 Å². The van der Waals surface area contributed by atoms with E-state index in [0.29, 0.717) is 17.5 Å². The van der Waals surface area contributed by atoms with Crippen LogP contribution < -0.4 is 15.5 Å². The number of para-hydroxylation sites is 1. The number of carbonyl (C=O) groups excluding carboxylic acids is 1. The van der Waals surface area contributed by atoms with Crippen LogP contribution in [0.25, 0.3) is 10.9 Å². The molecule has 33 heavy (non-hydrogen) atoms. The highest BCUT2D eigenvalue weighted by atomic mass is 32.2. The molecule has 4 rings (SSSR count). The number of benzene rings is 1. The molecule has 1 saturated carbocycles. The minimum Gasteiger partial charge on any atom is -0.377 e. The monoisotopic (exact) mass is 463 g/mol. The van der Waals surface area contributed by atoms with Gasteiger partial charge >= 0.3 is 0 Å². The number of nitrogens with zero attached hydrogens (tertiary/aromatic N) is 3. The van der Waals surface area contributed by atoms with Crippen molar-refractivity contribution >= 4 is 40.1 Å². The van der Waals surface area contributed by atoms with Gasteiger partial charge in [-0.2, -0.15) is 0 Å². The third-order valence-corrected chi connectivity index (χ3v) is 7.11. The first-order chi connectivity index (χ1) is 16.0. The summed E-state index contributed by atoms with van der Waals surface area (Å²) in [7, 11) is 4.14. The fraction of sp³-hybridized carbons (Fsp3) is 0.423. The standard InChI is InChI=1S/C26H33N5OS/c1-4-33-26-21(9-7-15-27-26)25(32)28-17-18-11-13-19(14-12-18)29-24-16-23(31(2)3)20-8-5-6-10-22(20)30-24/h5-10,15-16,18-19H,4,11-14,17H2,1-3H3,(H,28,32)(H,29,30). The van der Waals surface area contributed by atoms with Gasteiger partial charge in [0.25, 0.3) is 5.91 Å². The maximum Gasteiger partial charge on any atom is 0.254 e. The summed E-state index contributed by atoms with van der Waals surface area (Å²) in [6.07, 6.45) is 6.09. The minimum atomic E-state index is -0.0177. The molecular weight excluding hydrogens is 430 g/mol. The number of anilines is 2. The van der Waals surface area contributed by atoms with Gasteiger partial charge in [-0.05, 0) is 55.6 Å². The zero-order valence-electron chi connectivity index (χ0n) is 19.7. The molecule has 1 aliphatic carbocycles. The lowest BCUT2D eigenvalue weighted by atomic mass is 9.86. The Balaban J connectivity index is 1.31. The highest BCUT2D eigenvalue weighted by Crippen LogP contribution is 2.30. The number of amides is 1. The van der Waals surface area contributed by atoms with E-state index in [1.807, 2.05) is 18.2 Å². The van der Waals surface area contributed by atoms with E-state index in [0.717, 1.165) is 54.3 Å². The number of rotatable bonds is 8. The second kappa shape index (κ2) is 10.9. The van der Waals surface area contributed by atoms with Gasteiger partial charge in [0.2, 0.25) is 0 Å². The number of aromatic nitrogens is 2. The van der Waals surface area contributed by atoms with Gasteiger partial charge in [0.15, 0.2) is 0 Å². The molecule has 1 aliphatic rings. The van der Waals surface area contributed by atoms with Crippen LogP contribution in [-0.4, -0.2) is 48.3 Å². The molecule has 0 spiro atoms. The fourth-order valence-electron chi connectivity index (χ4n) is 4.47. The lowest BCUT2D eigenvalue weighted by Gasteiger charge is -2.30. The Bertz CT molecular complexity index is 1090. The molecule has 7 heteroatoms. The Kier molecular flexibility index (Phi) is 7.70. The predicted octanol–water partition coefficient (Wildman–Crippen LogP) is 5.21. The van der Waals surface area contributed by atoms with Crippen LogP contribution in [-0.2, 0) is 0 Å². The van der Waals surface area contributed by atoms with Crippen molar-refractivity contribution in [3.8, 4) is 0 Å². The number of nitrogens with one attached hydrogen (secondary N) is 2. The largest absolute Gasteiger partial charge is 0.377 e. The third-order valence-electron chi connectivity index (χ3n) is 6.22. The van der Waals surface area contributed by atoms with E-state index in [2.05, 4.69) is 65.8 Å². The Morgan fingerprint density at radius 1 is 1.12 bits per heavy atom. The average molecular weight is 464 g/mol. The lowest BCUT2D eigenvalue weighted by Crippen LogP contribution is -2.34. The molecule has 0 saturated heterocycles. The third kappa shape index (κ3) is 5.77. The van der Waals surface area contributed by atoms with E-state index in [1.54, 1.807) is 18.0 Å². The second-order valence-electron chi connectivity index (χ2n) is 8.80. The van der Waals surface area contributed by atoms with E-state index in [4.69, 9.17) is 4.98 Å². The lowest BCUT2D eigenvalue weighted by molar-refractivity contribution is 0.0939. The normalized spacial score (nSPS) is 18.2. The number of pyridine rings is 2. The molecule has 3 aromatic rings. The van der Waals surface area contributed by atoms with Crippen molar-refractivity contribution in [2.24, 2.45) is 5.92 Å². The molecule has 1 fully saturated rings. The molecule has 0 radical (unpaired) electrons. The van der Waals surface area contributed by atoms with Gasteiger partial charge in [-0.1, -0.05) is 25.1 Å². The Morgan fingerprint density at radius 3 is 2.67 bits per heavy atom. The van der Waals surface area contributed by atoms with Gasteiger partial charge in [-0.3, -0.25) is 4.79 Å². The van der Waals surface area contributed by atoms with Gasteiger partial charge in [-0.15, -0.1) is 11.8 Å². The van der Waals surface area contributed by atoms with Crippen LogP contribution in [0, 0.1) is 5.92 Å². The van der Waals surface area contributed by atoms with Crippen molar-refractivity contribution in [1.82, 2.24) is 15.3 Å². The highest BCUT2D eigenvalue weighted by molar-refractivity contribution is 7.99. The van der Waals surface area contributed by atoms with Crippen LogP contribution in [0.1, 0.15) is 43.0 Å². The van der Waals surface area contributed by atoms with Crippen LogP contribution in [0.4, 0.5) is 11.5 Å². The molecule has 0 atom stereocenters. The molecule has 0 unspecified atom stereocenters. The SMILES string of the molecule is CCSc1ncccc1C(=O)NCC1CCC(Nc2cc(N(C)C)c3ccccc3n2)CC1. The maximum atomic E-state index is 12.7. The molecule has 174 valence electrons. The summed E-state index contributed by atoms with van der Waals surface area (Å²) >= 11 is 1.61. The van der Waals surface area contributed by atoms with Crippen molar-refractivity contribution in [3.63, 3.8) is 0 Å². The van der Waals surface area contributed by atoms with Crippen molar-refractivity contribution in [3.05, 3.63) is 54.2 Å². The molecule has 2 aromatic heterocycles. The number of hydrogen-bond acceptors (Lipinski definition) is 6. The summed E-state index contributed by atoms with van der Waals surface area (Å²) in [6.45, 7) is 2.79. The molecule has 0 bridgehead atoms. The summed E-state index contributed by atoms with van der Waals surface area (Å²) in [5.41, 5.74) is 2.87. The molecule has 1 amide bonds. The van der Waals surface area contributed by atoms with Crippen molar-refractivity contribution in [2.75, 3.05) is 36.6 Å². The molecule has 2 heterocycles. The second-order valence-corrected chi connectivity index (χ2v) is 10.1. The Hall–Kier alpha value is -2.80. The van der Waals surface area contributed by atoms with Crippen molar-refractivity contribution < 1.29 is 4.79 Å². The molecule has 1 aromatic carbocycles. The summed E-state index contributed by atoms with van der Waals surface area (Å²) in [5, 5.41) is 8.79. The number of carbonyl (C=O) groups is 1. The number of fused-ring (bicyclic) bond motifs is 1. The number of thioether (sulfide) groups is 1. The Morgan fingerprint density at radius 2 is 1.91 bits per heavy atom. The van der Waals surface area contributed by atoms with E-state index < -0.39 is 0 Å². The summed E-state index contributed by atoms with van der Waals surface area (Å²) in [6, 6.07) is 14.5. The molecular formula is C26H33N5OS. The van der Waals surface area contributed by atoms with Gasteiger partial charge in [0, 0.05) is 50.0 Å². The van der Waals surface area contributed by atoms with Gasteiger partial charge in [0.1, 0.15) is 10.8 Å². The fourth-order valence-corrected chi connectivity index (χ4v) is 5.19. The van der Waals surface area contributed by atoms with E-state index in [9.17, 15) is 4.79 Å². The first-order valence-electron chi connectivity index (χ1n) is 11.7. The zero-order valence-corrected chi connectivity index (χ0v) is 20.5. The van der Waals surface area contributed by atoms with Gasteiger partial charge < -0.3 is 15.5 Å². The predicted molar refractivity (Wildman–Crippen MR) is 138 cm³/mol. The summed E-state index contributed by atoms with van der Waals surface area (Å²) in [4.78, 5) is 24.0. The van der Waals surface area contributed by atoms with Crippen LogP contribution in [0.5, 0.6) is 0 Å². The molecule has 6 nitrogen and oxygen atoms in total. The van der Waals surface area contributed by atoms with Crippen LogP contribution >= 0.6 is 11.8 Å². The summed E-state index contributed by atoms with van der Waals surface area (Å²) < 4.78 is 0. The topological polar surface area (TPSA) is 70.2 Å². The van der Waals surface area contributed by atoms with E-state index in [1.165, 1.54) is 11.1 Å². The smallest absolute Gasteiger partial charge is 0.254 e. The minimum absolute atomic E-state index is 0.0177. The first-order valence-corrected chi connectivity index (χ1v) is 12.7. The average Bonchev–Trinajstić information content (AvgIpc) is 2.83. The quantitative estimate of drug-likeness (QED) is 0.447. The van der Waals surface area contributed by atoms with Crippen LogP contribution in [0.3, 0.4) is 0 Å².